The molecule has 0 saturated carbocycles. The average molecular weight is 472 g/mol. The Hall–Kier alpha value is -3.10. The zero-order valence-electron chi connectivity index (χ0n) is 17.1. The number of alkyl carbamates (subject to hydrolysis) is 1. The van der Waals surface area contributed by atoms with E-state index in [0.717, 1.165) is 11.1 Å². The summed E-state index contributed by atoms with van der Waals surface area (Å²) in [4.78, 5) is 16.4. The largest absolute Gasteiger partial charge is 0.447 e. The first-order chi connectivity index (χ1) is 15.4. The molecule has 1 aromatic heterocycles. The van der Waals surface area contributed by atoms with Crippen LogP contribution in [0.25, 0.3) is 0 Å². The number of carbonyl (C=O) groups is 1. The molecule has 2 heterocycles. The Morgan fingerprint density at radius 2 is 1.91 bits per heavy atom. The molecule has 0 radical (unpaired) electrons. The van der Waals surface area contributed by atoms with Crippen LogP contribution in [-0.2, 0) is 27.7 Å². The number of sulfonamides is 1. The lowest BCUT2D eigenvalue weighted by Crippen LogP contribution is -2.47. The standard InChI is InChI=1S/C23H22ClN3O4S/c24-19-8-11-21(12-9-19)32(29,30)27-20(10-7-18-5-1-2-6-22(18)27)16-31-23(28)26-15-17-4-3-13-25-14-17/h1-6,8-9,11-14,20H,7,10,15-16H2,(H,26,28). The van der Waals surface area contributed by atoms with E-state index in [9.17, 15) is 13.2 Å². The van der Waals surface area contributed by atoms with E-state index < -0.39 is 22.2 Å². The summed E-state index contributed by atoms with van der Waals surface area (Å²) in [5.41, 5.74) is 2.36. The molecule has 0 aliphatic carbocycles. The fraction of sp³-hybridized carbons (Fsp3) is 0.217. The number of rotatable bonds is 6. The third-order valence-electron chi connectivity index (χ3n) is 5.24. The summed E-state index contributed by atoms with van der Waals surface area (Å²) in [5.74, 6) is 0. The fourth-order valence-electron chi connectivity index (χ4n) is 3.67. The zero-order valence-corrected chi connectivity index (χ0v) is 18.7. The van der Waals surface area contributed by atoms with Crippen molar-refractivity contribution in [2.24, 2.45) is 0 Å². The van der Waals surface area contributed by atoms with Crippen LogP contribution in [0.1, 0.15) is 17.5 Å². The second kappa shape index (κ2) is 9.58. The number of fused-ring (bicyclic) bond motifs is 1. The van der Waals surface area contributed by atoms with E-state index in [-0.39, 0.29) is 18.0 Å². The molecule has 1 aliphatic heterocycles. The van der Waals surface area contributed by atoms with Gasteiger partial charge in [0.05, 0.1) is 16.6 Å². The second-order valence-corrected chi connectivity index (χ2v) is 9.64. The third kappa shape index (κ3) is 4.87. The second-order valence-electron chi connectivity index (χ2n) is 7.39. The van der Waals surface area contributed by atoms with E-state index in [1.807, 2.05) is 18.2 Å². The summed E-state index contributed by atoms with van der Waals surface area (Å²) in [6, 6.07) is 16.5. The van der Waals surface area contributed by atoms with E-state index in [2.05, 4.69) is 10.3 Å². The van der Waals surface area contributed by atoms with Crippen LogP contribution in [0, 0.1) is 0 Å². The number of halogens is 1. The molecular weight excluding hydrogens is 450 g/mol. The number of amides is 1. The smallest absolute Gasteiger partial charge is 0.407 e. The predicted molar refractivity (Wildman–Crippen MR) is 122 cm³/mol. The molecule has 1 aliphatic rings. The molecule has 0 fully saturated rings. The molecule has 0 spiro atoms. The first kappa shape index (κ1) is 22.1. The van der Waals surface area contributed by atoms with E-state index >= 15 is 0 Å². The monoisotopic (exact) mass is 471 g/mol. The van der Waals surface area contributed by atoms with Crippen molar-refractivity contribution in [2.45, 2.75) is 30.3 Å². The number of pyridine rings is 1. The minimum Gasteiger partial charge on any atom is -0.447 e. The number of anilines is 1. The van der Waals surface area contributed by atoms with Gasteiger partial charge in [0.15, 0.2) is 0 Å². The summed E-state index contributed by atoms with van der Waals surface area (Å²) < 4.78 is 33.9. The summed E-state index contributed by atoms with van der Waals surface area (Å²) in [5, 5.41) is 3.12. The number of para-hydroxylation sites is 1. The molecule has 0 saturated heterocycles. The van der Waals surface area contributed by atoms with Gasteiger partial charge in [0.2, 0.25) is 0 Å². The number of ether oxygens (including phenoxy) is 1. The molecule has 0 bridgehead atoms. The number of hydrogen-bond acceptors (Lipinski definition) is 5. The number of aromatic nitrogens is 1. The van der Waals surface area contributed by atoms with Gasteiger partial charge in [0.1, 0.15) is 6.61 Å². The molecule has 166 valence electrons. The van der Waals surface area contributed by atoms with Gasteiger partial charge in [-0.15, -0.1) is 0 Å². The molecule has 7 nitrogen and oxygen atoms in total. The van der Waals surface area contributed by atoms with Gasteiger partial charge < -0.3 is 10.1 Å². The van der Waals surface area contributed by atoms with Gasteiger partial charge in [0.25, 0.3) is 10.0 Å². The molecule has 2 aromatic carbocycles. The van der Waals surface area contributed by atoms with Crippen molar-refractivity contribution in [3.8, 4) is 0 Å². The molecule has 1 unspecified atom stereocenters. The van der Waals surface area contributed by atoms with Crippen molar-refractivity contribution >= 4 is 33.4 Å². The van der Waals surface area contributed by atoms with E-state index in [0.29, 0.717) is 23.6 Å². The number of carbonyl (C=O) groups excluding carboxylic acids is 1. The fourth-order valence-corrected chi connectivity index (χ4v) is 5.50. The quantitative estimate of drug-likeness (QED) is 0.582. The van der Waals surface area contributed by atoms with Crippen LogP contribution in [0.4, 0.5) is 10.5 Å². The van der Waals surface area contributed by atoms with Gasteiger partial charge in [0, 0.05) is 24.0 Å². The molecule has 3 aromatic rings. The number of nitrogens with one attached hydrogen (secondary N) is 1. The van der Waals surface area contributed by atoms with Crippen LogP contribution in [0.3, 0.4) is 0 Å². The number of benzene rings is 2. The van der Waals surface area contributed by atoms with Crippen molar-refractivity contribution in [3.05, 3.63) is 89.2 Å². The van der Waals surface area contributed by atoms with Crippen molar-refractivity contribution in [1.82, 2.24) is 10.3 Å². The van der Waals surface area contributed by atoms with Crippen molar-refractivity contribution in [2.75, 3.05) is 10.9 Å². The molecule has 1 amide bonds. The molecule has 4 rings (SSSR count). The Kier molecular flexibility index (Phi) is 6.62. The van der Waals surface area contributed by atoms with Gasteiger partial charge in [-0.2, -0.15) is 0 Å². The van der Waals surface area contributed by atoms with Gasteiger partial charge >= 0.3 is 6.09 Å². The highest BCUT2D eigenvalue weighted by Gasteiger charge is 2.36. The van der Waals surface area contributed by atoms with Crippen LogP contribution in [0.2, 0.25) is 5.02 Å². The molecule has 1 N–H and O–H groups in total. The highest BCUT2D eigenvalue weighted by atomic mass is 35.5. The molecule has 1 atom stereocenters. The zero-order chi connectivity index (χ0) is 22.6. The minimum atomic E-state index is -3.89. The SMILES string of the molecule is O=C(NCc1cccnc1)OCC1CCc2ccccc2N1S(=O)(=O)c1ccc(Cl)cc1. The maximum Gasteiger partial charge on any atom is 0.407 e. The Balaban J connectivity index is 1.53. The predicted octanol–water partition coefficient (Wildman–Crippen LogP) is 4.17. The highest BCUT2D eigenvalue weighted by Crippen LogP contribution is 2.35. The number of nitrogens with zero attached hydrogens (tertiary/aromatic N) is 2. The maximum absolute atomic E-state index is 13.5. The van der Waals surface area contributed by atoms with Crippen molar-refractivity contribution < 1.29 is 17.9 Å². The lowest BCUT2D eigenvalue weighted by atomic mass is 9.98. The van der Waals surface area contributed by atoms with E-state index in [1.165, 1.54) is 16.4 Å². The molecular formula is C23H22ClN3O4S. The van der Waals surface area contributed by atoms with Gasteiger partial charge in [-0.3, -0.25) is 9.29 Å². The summed E-state index contributed by atoms with van der Waals surface area (Å²) >= 11 is 5.94. The lowest BCUT2D eigenvalue weighted by Gasteiger charge is -2.37. The van der Waals surface area contributed by atoms with Gasteiger partial charge in [-0.05, 0) is 60.4 Å². The summed E-state index contributed by atoms with van der Waals surface area (Å²) in [6.07, 6.45) is 3.90. The van der Waals surface area contributed by atoms with Crippen LogP contribution in [-0.4, -0.2) is 32.1 Å². The van der Waals surface area contributed by atoms with E-state index in [4.69, 9.17) is 16.3 Å². The Labute approximate surface area is 192 Å². The normalized spacial score (nSPS) is 15.7. The lowest BCUT2D eigenvalue weighted by molar-refractivity contribution is 0.137. The summed E-state index contributed by atoms with van der Waals surface area (Å²) in [6.45, 7) is 0.201. The molecule has 32 heavy (non-hydrogen) atoms. The van der Waals surface area contributed by atoms with Crippen molar-refractivity contribution in [1.29, 1.82) is 0 Å². The first-order valence-electron chi connectivity index (χ1n) is 10.1. The topological polar surface area (TPSA) is 88.6 Å². The average Bonchev–Trinajstić information content (AvgIpc) is 2.81. The molecule has 9 heteroatoms. The van der Waals surface area contributed by atoms with Gasteiger partial charge in [-0.1, -0.05) is 35.9 Å². The number of aryl methyl sites for hydroxylation is 1. The number of hydrogen-bond donors (Lipinski definition) is 1. The minimum absolute atomic E-state index is 0.0694. The van der Waals surface area contributed by atoms with E-state index in [1.54, 1.807) is 42.7 Å². The maximum atomic E-state index is 13.5. The van der Waals surface area contributed by atoms with Crippen LogP contribution < -0.4 is 9.62 Å². The Morgan fingerprint density at radius 3 is 2.66 bits per heavy atom. The summed E-state index contributed by atoms with van der Waals surface area (Å²) in [7, 11) is -3.89. The highest BCUT2D eigenvalue weighted by molar-refractivity contribution is 7.92. The van der Waals surface area contributed by atoms with Crippen LogP contribution >= 0.6 is 11.6 Å². The first-order valence-corrected chi connectivity index (χ1v) is 11.9. The third-order valence-corrected chi connectivity index (χ3v) is 7.38. The van der Waals surface area contributed by atoms with Gasteiger partial charge in [-0.25, -0.2) is 13.2 Å². The Morgan fingerprint density at radius 1 is 1.12 bits per heavy atom. The van der Waals surface area contributed by atoms with Crippen molar-refractivity contribution in [3.63, 3.8) is 0 Å². The Bertz CT molecular complexity index is 1190. The van der Waals surface area contributed by atoms with Crippen LogP contribution in [0.15, 0.2) is 78.0 Å². The van der Waals surface area contributed by atoms with Crippen LogP contribution in [0.5, 0.6) is 0 Å².